The molecule has 2 heterocycles. The molecule has 0 bridgehead atoms. The van der Waals surface area contributed by atoms with Gasteiger partial charge in [-0.1, -0.05) is 17.8 Å². The van der Waals surface area contributed by atoms with Crippen LogP contribution in [0.1, 0.15) is 36.1 Å². The molecule has 1 amide bonds. The fourth-order valence-electron chi connectivity index (χ4n) is 4.45. The topological polar surface area (TPSA) is 91.7 Å². The summed E-state index contributed by atoms with van der Waals surface area (Å²) in [7, 11) is 3.21. The average molecular weight is 474 g/mol. The first kappa shape index (κ1) is 23.6. The Morgan fingerprint density at radius 1 is 1.24 bits per heavy atom. The van der Waals surface area contributed by atoms with E-state index in [0.29, 0.717) is 36.0 Å². The summed E-state index contributed by atoms with van der Waals surface area (Å²) in [5, 5.41) is 3.65. The molecule has 1 aromatic carbocycles. The van der Waals surface area contributed by atoms with Gasteiger partial charge in [0.1, 0.15) is 5.03 Å². The van der Waals surface area contributed by atoms with Crippen LogP contribution in [0.4, 0.5) is 0 Å². The monoisotopic (exact) mass is 473 g/mol. The van der Waals surface area contributed by atoms with Crippen LogP contribution in [0, 0.1) is 0 Å². The molecule has 33 heavy (non-hydrogen) atoms. The number of nitrogens with one attached hydrogen (secondary N) is 1. The first-order chi connectivity index (χ1) is 16.1. The third kappa shape index (κ3) is 5.70. The lowest BCUT2D eigenvalue weighted by molar-refractivity contribution is -0.118. The normalized spacial score (nSPS) is 17.1. The van der Waals surface area contributed by atoms with E-state index in [-0.39, 0.29) is 23.5 Å². The van der Waals surface area contributed by atoms with Crippen LogP contribution in [0.15, 0.2) is 28.0 Å². The van der Waals surface area contributed by atoms with E-state index in [9.17, 15) is 9.59 Å². The minimum Gasteiger partial charge on any atom is -0.493 e. The number of hydrogen-bond acceptors (Lipinski definition) is 7. The van der Waals surface area contributed by atoms with Crippen molar-refractivity contribution in [2.45, 2.75) is 56.2 Å². The Morgan fingerprint density at radius 2 is 2.09 bits per heavy atom. The molecule has 1 N–H and O–H groups in total. The second-order valence-electron chi connectivity index (χ2n) is 8.30. The van der Waals surface area contributed by atoms with Gasteiger partial charge in [-0.05, 0) is 56.2 Å². The van der Waals surface area contributed by atoms with Crippen molar-refractivity contribution in [3.8, 4) is 11.5 Å². The molecule has 1 saturated heterocycles. The minimum absolute atomic E-state index is 0.0717. The number of fused-ring (bicyclic) bond motifs is 1. The Hall–Kier alpha value is -2.52. The summed E-state index contributed by atoms with van der Waals surface area (Å²) >= 11 is 1.35. The second-order valence-corrected chi connectivity index (χ2v) is 9.27. The van der Waals surface area contributed by atoms with Gasteiger partial charge in [-0.15, -0.1) is 0 Å². The number of carbonyl (C=O) groups excluding carboxylic acids is 1. The Kier molecular flexibility index (Phi) is 7.93. The first-order valence-corrected chi connectivity index (χ1v) is 12.4. The molecule has 178 valence electrons. The lowest BCUT2D eigenvalue weighted by Crippen LogP contribution is -2.32. The Labute approximate surface area is 198 Å². The summed E-state index contributed by atoms with van der Waals surface area (Å²) in [6, 6.07) is 5.73. The summed E-state index contributed by atoms with van der Waals surface area (Å²) in [6.07, 6.45) is 5.61. The smallest absolute Gasteiger partial charge is 0.348 e. The molecule has 1 atom stereocenters. The van der Waals surface area contributed by atoms with Gasteiger partial charge >= 0.3 is 5.69 Å². The molecule has 0 saturated carbocycles. The van der Waals surface area contributed by atoms with E-state index in [0.717, 1.165) is 55.5 Å². The highest BCUT2D eigenvalue weighted by Gasteiger charge is 2.25. The van der Waals surface area contributed by atoms with E-state index >= 15 is 0 Å². The van der Waals surface area contributed by atoms with Crippen molar-refractivity contribution >= 4 is 17.7 Å². The largest absolute Gasteiger partial charge is 0.493 e. The van der Waals surface area contributed by atoms with Gasteiger partial charge in [-0.25, -0.2) is 4.79 Å². The second kappa shape index (κ2) is 11.1. The van der Waals surface area contributed by atoms with E-state index in [4.69, 9.17) is 14.2 Å². The number of amides is 1. The summed E-state index contributed by atoms with van der Waals surface area (Å²) in [5.41, 5.74) is 3.01. The zero-order valence-electron chi connectivity index (χ0n) is 19.2. The predicted octanol–water partition coefficient (Wildman–Crippen LogP) is 2.38. The maximum absolute atomic E-state index is 12.7. The SMILES string of the molecule is COc1ccc(CCNC(=O)CSc2nc(=O)n(CC3CCCO3)c3c2CCC3)cc1OC. The van der Waals surface area contributed by atoms with Crippen molar-refractivity contribution in [3.05, 3.63) is 45.5 Å². The molecular weight excluding hydrogens is 442 g/mol. The van der Waals surface area contributed by atoms with Gasteiger partial charge < -0.3 is 19.5 Å². The van der Waals surface area contributed by atoms with Crippen LogP contribution in [0.3, 0.4) is 0 Å². The third-order valence-electron chi connectivity index (χ3n) is 6.13. The molecule has 1 aromatic heterocycles. The number of rotatable bonds is 10. The van der Waals surface area contributed by atoms with Crippen LogP contribution in [-0.4, -0.2) is 54.7 Å². The predicted molar refractivity (Wildman–Crippen MR) is 126 cm³/mol. The number of benzene rings is 1. The van der Waals surface area contributed by atoms with E-state index in [1.54, 1.807) is 18.8 Å². The average Bonchev–Trinajstić information content (AvgIpc) is 3.52. The van der Waals surface area contributed by atoms with Gasteiger partial charge in [0.2, 0.25) is 5.91 Å². The highest BCUT2D eigenvalue weighted by atomic mass is 32.2. The molecule has 2 aliphatic rings. The van der Waals surface area contributed by atoms with Crippen LogP contribution in [0.25, 0.3) is 0 Å². The molecule has 9 heteroatoms. The molecular formula is C24H31N3O5S. The summed E-state index contributed by atoms with van der Waals surface area (Å²) in [6.45, 7) is 1.86. The molecule has 1 unspecified atom stereocenters. The fourth-order valence-corrected chi connectivity index (χ4v) is 5.36. The van der Waals surface area contributed by atoms with E-state index < -0.39 is 0 Å². The van der Waals surface area contributed by atoms with Gasteiger partial charge in [0.05, 0.1) is 32.6 Å². The first-order valence-electron chi connectivity index (χ1n) is 11.4. The van der Waals surface area contributed by atoms with Gasteiger partial charge in [0.25, 0.3) is 0 Å². The van der Waals surface area contributed by atoms with E-state index in [1.807, 2.05) is 18.2 Å². The Balaban J connectivity index is 1.32. The number of methoxy groups -OCH3 is 2. The molecule has 4 rings (SSSR count). The van der Waals surface area contributed by atoms with E-state index in [2.05, 4.69) is 10.3 Å². The molecule has 2 aromatic rings. The maximum atomic E-state index is 12.7. The van der Waals surface area contributed by atoms with Crippen LogP contribution in [0.5, 0.6) is 11.5 Å². The van der Waals surface area contributed by atoms with Crippen molar-refractivity contribution in [2.24, 2.45) is 0 Å². The van der Waals surface area contributed by atoms with Crippen LogP contribution >= 0.6 is 11.8 Å². The Morgan fingerprint density at radius 3 is 2.85 bits per heavy atom. The molecule has 0 radical (unpaired) electrons. The highest BCUT2D eigenvalue weighted by molar-refractivity contribution is 7.99. The van der Waals surface area contributed by atoms with Gasteiger partial charge in [-0.3, -0.25) is 9.36 Å². The quantitative estimate of drug-likeness (QED) is 0.418. The van der Waals surface area contributed by atoms with E-state index in [1.165, 1.54) is 11.8 Å². The maximum Gasteiger partial charge on any atom is 0.348 e. The number of aromatic nitrogens is 2. The summed E-state index contributed by atoms with van der Waals surface area (Å²) in [4.78, 5) is 29.5. The number of carbonyl (C=O) groups is 1. The molecule has 1 aliphatic carbocycles. The standard InChI is InChI=1S/C24H31N3O5S/c1-30-20-9-8-16(13-21(20)31-2)10-11-25-22(28)15-33-23-18-6-3-7-19(18)27(24(29)26-23)14-17-5-4-12-32-17/h8-9,13,17H,3-7,10-12,14-15H2,1-2H3,(H,25,28). The number of thioether (sulfide) groups is 1. The lowest BCUT2D eigenvalue weighted by atomic mass is 10.1. The van der Waals surface area contributed by atoms with Crippen molar-refractivity contribution in [2.75, 3.05) is 33.1 Å². The highest BCUT2D eigenvalue weighted by Crippen LogP contribution is 2.30. The minimum atomic E-state index is -0.234. The van der Waals surface area contributed by atoms with Gasteiger partial charge in [-0.2, -0.15) is 4.98 Å². The Bertz CT molecular complexity index is 1050. The third-order valence-corrected chi connectivity index (χ3v) is 7.15. The van der Waals surface area contributed by atoms with Crippen LogP contribution < -0.4 is 20.5 Å². The van der Waals surface area contributed by atoms with Crippen molar-refractivity contribution in [3.63, 3.8) is 0 Å². The number of hydrogen-bond donors (Lipinski definition) is 1. The number of ether oxygens (including phenoxy) is 3. The molecule has 0 spiro atoms. The summed E-state index contributed by atoms with van der Waals surface area (Å²) < 4.78 is 18.1. The number of nitrogens with zero attached hydrogens (tertiary/aromatic N) is 2. The van der Waals surface area contributed by atoms with Gasteiger partial charge in [0.15, 0.2) is 11.5 Å². The molecule has 1 fully saturated rings. The fraction of sp³-hybridized carbons (Fsp3) is 0.542. The van der Waals surface area contributed by atoms with Crippen molar-refractivity contribution in [1.82, 2.24) is 14.9 Å². The van der Waals surface area contributed by atoms with Gasteiger partial charge in [0, 0.05) is 24.4 Å². The van der Waals surface area contributed by atoms with Crippen molar-refractivity contribution < 1.29 is 19.0 Å². The zero-order chi connectivity index (χ0) is 23.2. The molecule has 1 aliphatic heterocycles. The van der Waals surface area contributed by atoms with Crippen molar-refractivity contribution in [1.29, 1.82) is 0 Å². The lowest BCUT2D eigenvalue weighted by Gasteiger charge is -2.17. The van der Waals surface area contributed by atoms with Crippen LogP contribution in [-0.2, 0) is 35.3 Å². The van der Waals surface area contributed by atoms with Crippen LogP contribution in [0.2, 0.25) is 0 Å². The summed E-state index contributed by atoms with van der Waals surface area (Å²) in [5.74, 6) is 1.52. The zero-order valence-corrected chi connectivity index (χ0v) is 20.0. The molecule has 8 nitrogen and oxygen atoms in total.